The van der Waals surface area contributed by atoms with Crippen LogP contribution >= 0.6 is 23.2 Å². The van der Waals surface area contributed by atoms with Crippen molar-refractivity contribution in [3.63, 3.8) is 0 Å². The molecule has 0 saturated carbocycles. The predicted molar refractivity (Wildman–Crippen MR) is 77.3 cm³/mol. The lowest BCUT2D eigenvalue weighted by molar-refractivity contribution is -0.146. The Balaban J connectivity index is 2.73. The molecule has 0 heterocycles. The maximum Gasteiger partial charge on any atom is 0.326 e. The normalized spacial score (nSPS) is 12.1. The fraction of sp³-hybridized carbons (Fsp3) is 0.154. The first-order valence-corrected chi connectivity index (χ1v) is 6.43. The van der Waals surface area contributed by atoms with Gasteiger partial charge in [0.05, 0.1) is 6.42 Å². The van der Waals surface area contributed by atoms with Crippen molar-refractivity contribution in [1.29, 1.82) is 0 Å². The molecule has 21 heavy (non-hydrogen) atoms. The van der Waals surface area contributed by atoms with Crippen LogP contribution in [0.15, 0.2) is 24.3 Å². The topological polar surface area (TPSA) is 104 Å². The van der Waals surface area contributed by atoms with Gasteiger partial charge in [-0.1, -0.05) is 23.2 Å². The summed E-state index contributed by atoms with van der Waals surface area (Å²) >= 11 is 11.6. The molecule has 0 aliphatic heterocycles. The molecule has 1 atom stereocenters. The van der Waals surface area contributed by atoms with E-state index in [1.54, 1.807) is 12.1 Å². The van der Waals surface area contributed by atoms with Crippen LogP contribution in [-0.4, -0.2) is 34.1 Å². The number of amides is 1. The van der Waals surface area contributed by atoms with E-state index in [1.807, 2.05) is 0 Å². The smallest absolute Gasteiger partial charge is 0.326 e. The molecule has 1 aromatic rings. The Morgan fingerprint density at radius 3 is 2.19 bits per heavy atom. The zero-order valence-corrected chi connectivity index (χ0v) is 12.1. The highest BCUT2D eigenvalue weighted by Crippen LogP contribution is 2.19. The molecule has 8 heteroatoms. The molecule has 112 valence electrons. The van der Waals surface area contributed by atoms with E-state index in [-0.39, 0.29) is 0 Å². The van der Waals surface area contributed by atoms with Gasteiger partial charge in [-0.15, -0.1) is 0 Å². The molecule has 3 N–H and O–H groups in total. The van der Waals surface area contributed by atoms with Crippen molar-refractivity contribution < 1.29 is 24.6 Å². The van der Waals surface area contributed by atoms with Gasteiger partial charge in [0.1, 0.15) is 6.04 Å². The lowest BCUT2D eigenvalue weighted by Gasteiger charge is -2.10. The third-order valence-corrected chi connectivity index (χ3v) is 2.74. The van der Waals surface area contributed by atoms with Gasteiger partial charge in [0.15, 0.2) is 0 Å². The Kier molecular flexibility index (Phi) is 6.20. The Morgan fingerprint density at radius 2 is 1.71 bits per heavy atom. The van der Waals surface area contributed by atoms with E-state index in [4.69, 9.17) is 33.4 Å². The van der Waals surface area contributed by atoms with Gasteiger partial charge in [-0.3, -0.25) is 9.59 Å². The average molecular weight is 332 g/mol. The van der Waals surface area contributed by atoms with Crippen LogP contribution in [0, 0.1) is 0 Å². The summed E-state index contributed by atoms with van der Waals surface area (Å²) in [5.74, 6) is -3.49. The third-order valence-electron chi connectivity index (χ3n) is 2.31. The van der Waals surface area contributed by atoms with Crippen LogP contribution in [-0.2, 0) is 14.4 Å². The lowest BCUT2D eigenvalue weighted by atomic mass is 10.2. The number of rotatable bonds is 6. The van der Waals surface area contributed by atoms with Crippen molar-refractivity contribution in [3.8, 4) is 0 Å². The van der Waals surface area contributed by atoms with E-state index in [1.165, 1.54) is 12.1 Å². The zero-order valence-electron chi connectivity index (χ0n) is 10.5. The molecule has 1 aromatic carbocycles. The predicted octanol–water partition coefficient (Wildman–Crippen LogP) is 2.05. The first-order chi connectivity index (χ1) is 9.77. The van der Waals surface area contributed by atoms with Gasteiger partial charge in [-0.05, 0) is 29.8 Å². The maximum absolute atomic E-state index is 11.6. The molecule has 0 saturated heterocycles. The van der Waals surface area contributed by atoms with Crippen LogP contribution in [0.2, 0.25) is 10.0 Å². The molecule has 1 amide bonds. The Bertz CT molecular complexity index is 580. The van der Waals surface area contributed by atoms with Crippen LogP contribution in [0.3, 0.4) is 0 Å². The fourth-order valence-corrected chi connectivity index (χ4v) is 1.98. The van der Waals surface area contributed by atoms with Gasteiger partial charge in [0, 0.05) is 16.1 Å². The van der Waals surface area contributed by atoms with Crippen molar-refractivity contribution in [2.75, 3.05) is 0 Å². The molecule has 0 fully saturated rings. The summed E-state index contributed by atoms with van der Waals surface area (Å²) in [6.45, 7) is 0. The summed E-state index contributed by atoms with van der Waals surface area (Å²) in [6.07, 6.45) is 1.74. The van der Waals surface area contributed by atoms with Crippen LogP contribution in [0.4, 0.5) is 0 Å². The van der Waals surface area contributed by atoms with Gasteiger partial charge in [0.25, 0.3) is 0 Å². The van der Waals surface area contributed by atoms with Gasteiger partial charge < -0.3 is 15.5 Å². The number of hydrogen-bond donors (Lipinski definition) is 3. The van der Waals surface area contributed by atoms with Crippen molar-refractivity contribution in [2.45, 2.75) is 12.5 Å². The molecule has 6 nitrogen and oxygen atoms in total. The summed E-state index contributed by atoms with van der Waals surface area (Å²) in [5, 5.41) is 20.2. The minimum absolute atomic E-state index is 0.386. The van der Waals surface area contributed by atoms with Crippen LogP contribution in [0.1, 0.15) is 12.0 Å². The average Bonchev–Trinajstić information content (AvgIpc) is 2.33. The number of aliphatic carboxylic acids is 2. The number of benzene rings is 1. The number of carbonyl (C=O) groups is 3. The quantitative estimate of drug-likeness (QED) is 0.692. The minimum atomic E-state index is -1.50. The number of hydrogen-bond acceptors (Lipinski definition) is 3. The molecule has 1 rings (SSSR count). The first-order valence-electron chi connectivity index (χ1n) is 5.67. The van der Waals surface area contributed by atoms with Gasteiger partial charge in [-0.2, -0.15) is 0 Å². The monoisotopic (exact) mass is 331 g/mol. The number of carboxylic acid groups (broad SMARTS) is 2. The molecular formula is C13H11Cl2NO5. The number of carbonyl (C=O) groups excluding carboxylic acids is 1. The Hall–Kier alpha value is -2.05. The summed E-state index contributed by atoms with van der Waals surface area (Å²) < 4.78 is 0. The first kappa shape index (κ1) is 17.0. The Labute approximate surface area is 130 Å². The summed E-state index contributed by atoms with van der Waals surface area (Å²) in [6, 6.07) is 3.14. The number of nitrogens with one attached hydrogen (secondary N) is 1. The van der Waals surface area contributed by atoms with Crippen molar-refractivity contribution >= 4 is 47.1 Å². The summed E-state index contributed by atoms with van der Waals surface area (Å²) in [5.41, 5.74) is 0.549. The Morgan fingerprint density at radius 1 is 1.14 bits per heavy atom. The van der Waals surface area contributed by atoms with E-state index in [0.29, 0.717) is 15.6 Å². The van der Waals surface area contributed by atoms with Gasteiger partial charge in [-0.25, -0.2) is 4.79 Å². The van der Waals surface area contributed by atoms with Crippen LogP contribution in [0.5, 0.6) is 0 Å². The molecule has 0 aromatic heterocycles. The van der Waals surface area contributed by atoms with Gasteiger partial charge in [0.2, 0.25) is 5.91 Å². The van der Waals surface area contributed by atoms with E-state index in [0.717, 1.165) is 6.08 Å². The van der Waals surface area contributed by atoms with E-state index in [2.05, 4.69) is 5.32 Å². The van der Waals surface area contributed by atoms with Crippen molar-refractivity contribution in [2.24, 2.45) is 0 Å². The maximum atomic E-state index is 11.6. The fourth-order valence-electron chi connectivity index (χ4n) is 1.44. The summed E-state index contributed by atoms with van der Waals surface area (Å²) in [7, 11) is 0. The number of halogens is 2. The minimum Gasteiger partial charge on any atom is -0.481 e. The molecule has 0 aliphatic carbocycles. The van der Waals surface area contributed by atoms with Crippen molar-refractivity contribution in [3.05, 3.63) is 39.9 Å². The second-order valence-electron chi connectivity index (χ2n) is 4.03. The molecule has 0 unspecified atom stereocenters. The molecule has 0 spiro atoms. The second-order valence-corrected chi connectivity index (χ2v) is 4.91. The summed E-state index contributed by atoms with van der Waals surface area (Å²) in [4.78, 5) is 32.8. The van der Waals surface area contributed by atoms with Crippen LogP contribution in [0.25, 0.3) is 6.08 Å². The standard InChI is InChI=1S/C13H11Cl2NO5/c14-8-3-7(4-9(15)5-8)1-2-11(17)16-10(13(20)21)6-12(18)19/h1-5,10H,6H2,(H,16,17)(H,18,19)(H,20,21)/b2-1+/t10-/m0/s1. The van der Waals surface area contributed by atoms with Crippen LogP contribution < -0.4 is 5.32 Å². The van der Waals surface area contributed by atoms with E-state index >= 15 is 0 Å². The van der Waals surface area contributed by atoms with E-state index in [9.17, 15) is 14.4 Å². The molecule has 0 aliphatic rings. The molecule has 0 radical (unpaired) electrons. The molecule has 0 bridgehead atoms. The highest BCUT2D eigenvalue weighted by Gasteiger charge is 2.21. The zero-order chi connectivity index (χ0) is 16.0. The van der Waals surface area contributed by atoms with E-state index < -0.39 is 30.3 Å². The lowest BCUT2D eigenvalue weighted by Crippen LogP contribution is -2.41. The highest BCUT2D eigenvalue weighted by atomic mass is 35.5. The highest BCUT2D eigenvalue weighted by molar-refractivity contribution is 6.34. The second kappa shape index (κ2) is 7.66. The van der Waals surface area contributed by atoms with Crippen molar-refractivity contribution in [1.82, 2.24) is 5.32 Å². The third kappa shape index (κ3) is 6.29. The SMILES string of the molecule is O=C(O)C[C@H](NC(=O)/C=C/c1cc(Cl)cc(Cl)c1)C(=O)O. The molecular weight excluding hydrogens is 321 g/mol. The number of carboxylic acids is 2. The largest absolute Gasteiger partial charge is 0.481 e. The van der Waals surface area contributed by atoms with Gasteiger partial charge >= 0.3 is 11.9 Å².